The second-order valence-electron chi connectivity index (χ2n) is 13.0. The van der Waals surface area contributed by atoms with Crippen LogP contribution < -0.4 is 5.32 Å². The number of amides is 2. The van der Waals surface area contributed by atoms with Gasteiger partial charge in [-0.05, 0) is 70.6 Å². The molecule has 7 nitrogen and oxygen atoms in total. The number of likely N-dealkylation sites (tertiary alicyclic amines) is 1. The van der Waals surface area contributed by atoms with Gasteiger partial charge in [-0.2, -0.15) is 0 Å². The standard InChI is InChI=1S/C29H42F2N4O3/c1-27(2,3)25-33-22-17-20(7-8-23(22)35(25)18-19-9-13-29(30,31)14-10-19)24(36)34-15-11-21(12-16-34)32-26(37)38-28(4,5)6/h7-8,17,19,21H,9-16,18H2,1-6H3,(H,32,37). The highest BCUT2D eigenvalue weighted by molar-refractivity contribution is 5.97. The number of nitrogens with zero attached hydrogens (tertiary/aromatic N) is 3. The van der Waals surface area contributed by atoms with Crippen LogP contribution in [0.2, 0.25) is 0 Å². The highest BCUT2D eigenvalue weighted by Gasteiger charge is 2.36. The van der Waals surface area contributed by atoms with E-state index in [9.17, 15) is 18.4 Å². The average molecular weight is 533 g/mol. The van der Waals surface area contributed by atoms with E-state index in [4.69, 9.17) is 9.72 Å². The van der Waals surface area contributed by atoms with Crippen molar-refractivity contribution in [3.8, 4) is 0 Å². The van der Waals surface area contributed by atoms with Crippen molar-refractivity contribution in [2.45, 2.75) is 110 Å². The van der Waals surface area contributed by atoms with Crippen LogP contribution in [0, 0.1) is 5.92 Å². The zero-order chi connectivity index (χ0) is 27.9. The number of fused-ring (bicyclic) bond motifs is 1. The van der Waals surface area contributed by atoms with Crippen LogP contribution in [-0.4, -0.2) is 57.1 Å². The number of benzene rings is 1. The van der Waals surface area contributed by atoms with Crippen molar-refractivity contribution in [2.24, 2.45) is 5.92 Å². The fourth-order valence-electron chi connectivity index (χ4n) is 5.44. The van der Waals surface area contributed by atoms with Crippen LogP contribution in [-0.2, 0) is 16.7 Å². The summed E-state index contributed by atoms with van der Waals surface area (Å²) in [5.74, 6) is -1.51. The molecule has 210 valence electrons. The Morgan fingerprint density at radius 3 is 2.26 bits per heavy atom. The molecule has 2 aliphatic rings. The number of halogens is 2. The summed E-state index contributed by atoms with van der Waals surface area (Å²) >= 11 is 0. The van der Waals surface area contributed by atoms with Gasteiger partial charge in [-0.1, -0.05) is 20.8 Å². The number of alkyl carbamates (subject to hydrolysis) is 1. The van der Waals surface area contributed by atoms with Crippen LogP contribution in [0.5, 0.6) is 0 Å². The van der Waals surface area contributed by atoms with Crippen molar-refractivity contribution in [2.75, 3.05) is 13.1 Å². The van der Waals surface area contributed by atoms with E-state index >= 15 is 0 Å². The van der Waals surface area contributed by atoms with Crippen molar-refractivity contribution in [3.63, 3.8) is 0 Å². The minimum absolute atomic E-state index is 0.0267. The minimum Gasteiger partial charge on any atom is -0.444 e. The van der Waals surface area contributed by atoms with Crippen molar-refractivity contribution in [1.29, 1.82) is 0 Å². The van der Waals surface area contributed by atoms with Gasteiger partial charge in [-0.3, -0.25) is 4.79 Å². The zero-order valence-corrected chi connectivity index (χ0v) is 23.6. The second-order valence-corrected chi connectivity index (χ2v) is 13.0. The lowest BCUT2D eigenvalue weighted by atomic mass is 9.86. The molecular weight excluding hydrogens is 490 g/mol. The number of hydrogen-bond donors (Lipinski definition) is 1. The molecule has 2 amide bonds. The van der Waals surface area contributed by atoms with Crippen LogP contribution in [0.3, 0.4) is 0 Å². The Hall–Kier alpha value is -2.71. The third-order valence-corrected chi connectivity index (χ3v) is 7.45. The average Bonchev–Trinajstić information content (AvgIpc) is 3.17. The van der Waals surface area contributed by atoms with Crippen molar-refractivity contribution < 1.29 is 23.1 Å². The molecule has 0 atom stereocenters. The molecule has 1 N–H and O–H groups in total. The number of ether oxygens (including phenoxy) is 1. The van der Waals surface area contributed by atoms with Crippen molar-refractivity contribution in [3.05, 3.63) is 29.6 Å². The SMILES string of the molecule is CC(C)(C)OC(=O)NC1CCN(C(=O)c2ccc3c(c2)nc(C(C)(C)C)n3CC2CCC(F)(F)CC2)CC1. The molecule has 38 heavy (non-hydrogen) atoms. The first-order valence-corrected chi connectivity index (χ1v) is 13.8. The fourth-order valence-corrected chi connectivity index (χ4v) is 5.44. The summed E-state index contributed by atoms with van der Waals surface area (Å²) in [4.78, 5) is 32.2. The number of rotatable bonds is 4. The molecule has 1 saturated heterocycles. The van der Waals surface area contributed by atoms with E-state index in [2.05, 4.69) is 30.7 Å². The van der Waals surface area contributed by atoms with Crippen molar-refractivity contribution >= 4 is 23.0 Å². The van der Waals surface area contributed by atoms with E-state index in [1.807, 2.05) is 43.9 Å². The topological polar surface area (TPSA) is 76.5 Å². The summed E-state index contributed by atoms with van der Waals surface area (Å²) in [6.07, 6.45) is 1.79. The van der Waals surface area contributed by atoms with E-state index in [0.29, 0.717) is 50.9 Å². The third-order valence-electron chi connectivity index (χ3n) is 7.45. The first-order chi connectivity index (χ1) is 17.6. The lowest BCUT2D eigenvalue weighted by molar-refractivity contribution is -0.0473. The summed E-state index contributed by atoms with van der Waals surface area (Å²) in [6.45, 7) is 13.5. The van der Waals surface area contributed by atoms with Gasteiger partial charge < -0.3 is 19.5 Å². The van der Waals surface area contributed by atoms with Gasteiger partial charge in [0.1, 0.15) is 11.4 Å². The molecule has 1 aromatic heterocycles. The maximum absolute atomic E-state index is 13.7. The molecule has 4 rings (SSSR count). The number of carbonyl (C=O) groups is 2. The van der Waals surface area contributed by atoms with Gasteiger partial charge in [0.15, 0.2) is 0 Å². The Morgan fingerprint density at radius 2 is 1.68 bits per heavy atom. The van der Waals surface area contributed by atoms with Gasteiger partial charge in [-0.25, -0.2) is 18.6 Å². The molecule has 2 fully saturated rings. The molecule has 0 unspecified atom stereocenters. The summed E-state index contributed by atoms with van der Waals surface area (Å²) < 4.78 is 34.9. The largest absolute Gasteiger partial charge is 0.444 e. The van der Waals surface area contributed by atoms with E-state index in [0.717, 1.165) is 16.9 Å². The monoisotopic (exact) mass is 532 g/mol. The van der Waals surface area contributed by atoms with E-state index in [-0.39, 0.29) is 36.1 Å². The lowest BCUT2D eigenvalue weighted by Gasteiger charge is -2.33. The number of imidazole rings is 1. The van der Waals surface area contributed by atoms with Crippen LogP contribution >= 0.6 is 0 Å². The van der Waals surface area contributed by atoms with Crippen LogP contribution in [0.1, 0.15) is 96.2 Å². The summed E-state index contributed by atoms with van der Waals surface area (Å²) in [5.41, 5.74) is 1.49. The van der Waals surface area contributed by atoms with Gasteiger partial charge in [-0.15, -0.1) is 0 Å². The van der Waals surface area contributed by atoms with Crippen LogP contribution in [0.4, 0.5) is 13.6 Å². The second kappa shape index (κ2) is 10.5. The third kappa shape index (κ3) is 6.83. The molecule has 1 saturated carbocycles. The number of hydrogen-bond acceptors (Lipinski definition) is 4. The molecule has 9 heteroatoms. The maximum Gasteiger partial charge on any atom is 0.407 e. The quantitative estimate of drug-likeness (QED) is 0.502. The molecule has 0 spiro atoms. The van der Waals surface area contributed by atoms with Gasteiger partial charge in [0, 0.05) is 49.5 Å². The van der Waals surface area contributed by atoms with Gasteiger partial charge >= 0.3 is 6.09 Å². The fraction of sp³-hybridized carbons (Fsp3) is 0.690. The number of aromatic nitrogens is 2. The summed E-state index contributed by atoms with van der Waals surface area (Å²) in [6, 6.07) is 5.61. The summed E-state index contributed by atoms with van der Waals surface area (Å²) in [5, 5.41) is 2.91. The lowest BCUT2D eigenvalue weighted by Crippen LogP contribution is -2.47. The number of piperidine rings is 1. The summed E-state index contributed by atoms with van der Waals surface area (Å²) in [7, 11) is 0. The number of alkyl halides is 2. The van der Waals surface area contributed by atoms with Gasteiger partial charge in [0.25, 0.3) is 5.91 Å². The number of carbonyl (C=O) groups excluding carboxylic acids is 2. The van der Waals surface area contributed by atoms with E-state index in [1.54, 1.807) is 0 Å². The van der Waals surface area contributed by atoms with Crippen LogP contribution in [0.25, 0.3) is 11.0 Å². The molecule has 1 aliphatic heterocycles. The Bertz CT molecular complexity index is 1160. The highest BCUT2D eigenvalue weighted by Crippen LogP contribution is 2.38. The Kier molecular flexibility index (Phi) is 7.79. The normalized spacial score (nSPS) is 19.5. The molecule has 0 radical (unpaired) electrons. The molecule has 1 aliphatic carbocycles. The zero-order valence-electron chi connectivity index (χ0n) is 23.6. The first kappa shape index (κ1) is 28.3. The van der Waals surface area contributed by atoms with Crippen molar-refractivity contribution in [1.82, 2.24) is 19.8 Å². The first-order valence-electron chi connectivity index (χ1n) is 13.8. The minimum atomic E-state index is -2.55. The maximum atomic E-state index is 13.7. The smallest absolute Gasteiger partial charge is 0.407 e. The van der Waals surface area contributed by atoms with Gasteiger partial charge in [0.05, 0.1) is 11.0 Å². The van der Waals surface area contributed by atoms with E-state index < -0.39 is 17.6 Å². The Labute approximate surface area is 224 Å². The predicted molar refractivity (Wildman–Crippen MR) is 144 cm³/mol. The highest BCUT2D eigenvalue weighted by atomic mass is 19.3. The molecule has 2 aromatic rings. The predicted octanol–water partition coefficient (Wildman–Crippen LogP) is 6.29. The molecule has 2 heterocycles. The number of nitrogens with one attached hydrogen (secondary N) is 1. The Morgan fingerprint density at radius 1 is 1.05 bits per heavy atom. The van der Waals surface area contributed by atoms with Gasteiger partial charge in [0.2, 0.25) is 5.92 Å². The Balaban J connectivity index is 1.46. The molecular formula is C29H42F2N4O3. The molecule has 0 bridgehead atoms. The molecule has 1 aromatic carbocycles. The van der Waals surface area contributed by atoms with E-state index in [1.165, 1.54) is 0 Å². The van der Waals surface area contributed by atoms with Crippen LogP contribution in [0.15, 0.2) is 18.2 Å².